The predicted molar refractivity (Wildman–Crippen MR) is 48.4 cm³/mol. The minimum Gasteiger partial charge on any atom is -0.318 e. The molecule has 0 unspecified atom stereocenters. The van der Waals surface area contributed by atoms with Gasteiger partial charge in [0.05, 0.1) is 11.9 Å². The Morgan fingerprint density at radius 2 is 2.27 bits per heavy atom. The number of alkyl halides is 3. The first-order chi connectivity index (χ1) is 6.93. The number of rotatable bonds is 2. The van der Waals surface area contributed by atoms with E-state index in [1.54, 1.807) is 6.07 Å². The second-order valence-electron chi connectivity index (χ2n) is 2.50. The molecule has 0 aliphatic carbocycles. The summed E-state index contributed by atoms with van der Waals surface area (Å²) in [7, 11) is 0. The number of nitrogens with one attached hydrogen (secondary N) is 1. The molecule has 0 atom stereocenters. The SMILES string of the molecule is N#Cc1ccc(NC(=O)C(F)(F)Cl)cn1. The van der Waals surface area contributed by atoms with Gasteiger partial charge in [-0.05, 0) is 23.7 Å². The number of nitrogens with zero attached hydrogens (tertiary/aromatic N) is 2. The Morgan fingerprint density at radius 1 is 1.60 bits per heavy atom. The van der Waals surface area contributed by atoms with Crippen molar-refractivity contribution < 1.29 is 13.6 Å². The van der Waals surface area contributed by atoms with Gasteiger partial charge < -0.3 is 5.32 Å². The fourth-order valence-electron chi connectivity index (χ4n) is 0.736. The van der Waals surface area contributed by atoms with Crippen LogP contribution in [-0.2, 0) is 4.79 Å². The van der Waals surface area contributed by atoms with E-state index < -0.39 is 11.3 Å². The number of hydrogen-bond donors (Lipinski definition) is 1. The second kappa shape index (κ2) is 4.19. The molecule has 78 valence electrons. The van der Waals surface area contributed by atoms with Crippen LogP contribution >= 0.6 is 11.6 Å². The minimum atomic E-state index is -3.96. The molecule has 1 aromatic heterocycles. The number of pyridine rings is 1. The molecule has 0 saturated carbocycles. The average molecular weight is 232 g/mol. The van der Waals surface area contributed by atoms with Crippen molar-refractivity contribution in [2.75, 3.05) is 5.32 Å². The van der Waals surface area contributed by atoms with E-state index >= 15 is 0 Å². The predicted octanol–water partition coefficient (Wildman–Crippen LogP) is 1.72. The topological polar surface area (TPSA) is 65.8 Å². The molecule has 15 heavy (non-hydrogen) atoms. The Labute approximate surface area is 88.5 Å². The molecule has 0 bridgehead atoms. The standard InChI is InChI=1S/C8H4ClF2N3O/c9-8(10,11)7(15)14-6-2-1-5(3-12)13-4-6/h1-2,4H,(H,14,15). The van der Waals surface area contributed by atoms with Gasteiger partial charge in [-0.1, -0.05) is 0 Å². The van der Waals surface area contributed by atoms with Gasteiger partial charge in [-0.3, -0.25) is 4.79 Å². The maximum Gasteiger partial charge on any atom is 0.400 e. The zero-order valence-electron chi connectivity index (χ0n) is 7.17. The van der Waals surface area contributed by atoms with E-state index in [4.69, 9.17) is 5.26 Å². The fourth-order valence-corrected chi connectivity index (χ4v) is 0.783. The molecule has 4 nitrogen and oxygen atoms in total. The Hall–Kier alpha value is -1.74. The third-order valence-electron chi connectivity index (χ3n) is 1.39. The van der Waals surface area contributed by atoms with Gasteiger partial charge in [0.1, 0.15) is 11.8 Å². The Morgan fingerprint density at radius 3 is 2.67 bits per heavy atom. The molecule has 1 rings (SSSR count). The quantitative estimate of drug-likeness (QED) is 0.788. The normalized spacial score (nSPS) is 10.5. The van der Waals surface area contributed by atoms with Crippen LogP contribution in [0.1, 0.15) is 5.69 Å². The monoisotopic (exact) mass is 231 g/mol. The van der Waals surface area contributed by atoms with E-state index in [1.807, 2.05) is 5.32 Å². The number of anilines is 1. The summed E-state index contributed by atoms with van der Waals surface area (Å²) in [6.45, 7) is 0. The lowest BCUT2D eigenvalue weighted by Crippen LogP contribution is -2.28. The van der Waals surface area contributed by atoms with Crippen molar-refractivity contribution in [2.24, 2.45) is 0 Å². The van der Waals surface area contributed by atoms with Gasteiger partial charge in [0.2, 0.25) is 0 Å². The minimum absolute atomic E-state index is 0.0410. The summed E-state index contributed by atoms with van der Waals surface area (Å²) in [6, 6.07) is 4.29. The maximum atomic E-state index is 12.2. The number of carbonyl (C=O) groups excluding carboxylic acids is 1. The summed E-state index contributed by atoms with van der Waals surface area (Å²) in [6.07, 6.45) is 1.08. The zero-order chi connectivity index (χ0) is 11.5. The highest BCUT2D eigenvalue weighted by atomic mass is 35.5. The fraction of sp³-hybridized carbons (Fsp3) is 0.125. The molecule has 0 aromatic carbocycles. The van der Waals surface area contributed by atoms with E-state index in [-0.39, 0.29) is 11.4 Å². The van der Waals surface area contributed by atoms with Gasteiger partial charge in [0.25, 0.3) is 0 Å². The van der Waals surface area contributed by atoms with Crippen LogP contribution in [0.3, 0.4) is 0 Å². The van der Waals surface area contributed by atoms with Crippen LogP contribution in [0.25, 0.3) is 0 Å². The molecule has 1 N–H and O–H groups in total. The van der Waals surface area contributed by atoms with Crippen LogP contribution in [0.2, 0.25) is 0 Å². The van der Waals surface area contributed by atoms with Gasteiger partial charge in [-0.15, -0.1) is 0 Å². The number of hydrogen-bond acceptors (Lipinski definition) is 3. The van der Waals surface area contributed by atoms with Crippen molar-refractivity contribution in [1.82, 2.24) is 4.98 Å². The first kappa shape index (κ1) is 11.3. The summed E-state index contributed by atoms with van der Waals surface area (Å²) in [5.41, 5.74) is 0.157. The van der Waals surface area contributed by atoms with Gasteiger partial charge >= 0.3 is 11.3 Å². The third kappa shape index (κ3) is 3.14. The molecule has 0 fully saturated rings. The summed E-state index contributed by atoms with van der Waals surface area (Å²) in [5, 5.41) is 6.27. The van der Waals surface area contributed by atoms with Crippen molar-refractivity contribution in [1.29, 1.82) is 5.26 Å². The largest absolute Gasteiger partial charge is 0.400 e. The molecule has 1 heterocycles. The van der Waals surface area contributed by atoms with Crippen molar-refractivity contribution in [3.63, 3.8) is 0 Å². The van der Waals surface area contributed by atoms with E-state index in [9.17, 15) is 13.6 Å². The maximum absolute atomic E-state index is 12.2. The van der Waals surface area contributed by atoms with Crippen LogP contribution in [0, 0.1) is 11.3 Å². The van der Waals surface area contributed by atoms with E-state index in [0.29, 0.717) is 0 Å². The van der Waals surface area contributed by atoms with Gasteiger partial charge in [0, 0.05) is 0 Å². The highest BCUT2D eigenvalue weighted by Crippen LogP contribution is 2.20. The lowest BCUT2D eigenvalue weighted by molar-refractivity contribution is -0.130. The van der Waals surface area contributed by atoms with Gasteiger partial charge in [-0.2, -0.15) is 14.0 Å². The van der Waals surface area contributed by atoms with Gasteiger partial charge in [-0.25, -0.2) is 4.98 Å². The van der Waals surface area contributed by atoms with Crippen molar-refractivity contribution >= 4 is 23.2 Å². The highest BCUT2D eigenvalue weighted by molar-refractivity contribution is 6.33. The van der Waals surface area contributed by atoms with Crippen LogP contribution in [0.5, 0.6) is 0 Å². The summed E-state index contributed by atoms with van der Waals surface area (Å²) in [4.78, 5) is 14.3. The molecule has 0 saturated heterocycles. The number of aromatic nitrogens is 1. The summed E-state index contributed by atoms with van der Waals surface area (Å²) < 4.78 is 24.5. The van der Waals surface area contributed by atoms with Crippen molar-refractivity contribution in [3.8, 4) is 6.07 Å². The average Bonchev–Trinajstić information content (AvgIpc) is 2.17. The Bertz CT molecular complexity index is 407. The highest BCUT2D eigenvalue weighted by Gasteiger charge is 2.35. The third-order valence-corrected chi connectivity index (χ3v) is 1.57. The van der Waals surface area contributed by atoms with E-state index in [2.05, 4.69) is 16.6 Å². The van der Waals surface area contributed by atoms with Crippen LogP contribution in [-0.4, -0.2) is 16.3 Å². The number of amides is 1. The Kier molecular flexibility index (Phi) is 3.17. The van der Waals surface area contributed by atoms with Crippen molar-refractivity contribution in [3.05, 3.63) is 24.0 Å². The zero-order valence-corrected chi connectivity index (χ0v) is 7.92. The second-order valence-corrected chi connectivity index (χ2v) is 2.97. The number of carbonyl (C=O) groups is 1. The Balaban J connectivity index is 2.75. The number of nitriles is 1. The molecule has 1 aromatic rings. The summed E-state index contributed by atoms with van der Waals surface area (Å²) in [5.74, 6) is -1.64. The first-order valence-electron chi connectivity index (χ1n) is 3.68. The lowest BCUT2D eigenvalue weighted by Gasteiger charge is -2.08. The van der Waals surface area contributed by atoms with Crippen LogP contribution in [0.4, 0.5) is 14.5 Å². The van der Waals surface area contributed by atoms with E-state index in [1.165, 1.54) is 12.1 Å². The van der Waals surface area contributed by atoms with E-state index in [0.717, 1.165) is 6.20 Å². The van der Waals surface area contributed by atoms with Crippen LogP contribution in [0.15, 0.2) is 18.3 Å². The van der Waals surface area contributed by atoms with Crippen LogP contribution < -0.4 is 5.32 Å². The molecular weight excluding hydrogens is 228 g/mol. The molecule has 0 spiro atoms. The smallest absolute Gasteiger partial charge is 0.318 e. The molecule has 1 amide bonds. The first-order valence-corrected chi connectivity index (χ1v) is 4.05. The molecule has 7 heteroatoms. The van der Waals surface area contributed by atoms with Gasteiger partial charge in [0.15, 0.2) is 0 Å². The summed E-state index contributed by atoms with van der Waals surface area (Å²) >= 11 is 4.47. The molecule has 0 aliphatic rings. The lowest BCUT2D eigenvalue weighted by atomic mass is 10.3. The molecule has 0 aliphatic heterocycles. The molecule has 0 radical (unpaired) electrons. The van der Waals surface area contributed by atoms with Crippen molar-refractivity contribution in [2.45, 2.75) is 5.38 Å². The molecular formula is C8H4ClF2N3O. The number of halogens is 3.